The molecule has 0 amide bonds. The van der Waals surface area contributed by atoms with E-state index >= 15 is 0 Å². The maximum absolute atomic E-state index is 4.13. The van der Waals surface area contributed by atoms with E-state index < -0.39 is 0 Å². The van der Waals surface area contributed by atoms with Gasteiger partial charge in [0.1, 0.15) is 0 Å². The molecule has 0 fully saturated rings. The normalized spacial score (nSPS) is 10.4. The van der Waals surface area contributed by atoms with E-state index in [9.17, 15) is 0 Å². The largest absolute Gasteiger partial charge is 0.337 e. The first-order valence-corrected chi connectivity index (χ1v) is 5.10. The lowest BCUT2D eigenvalue weighted by molar-refractivity contribution is 0.709. The zero-order valence-corrected chi connectivity index (χ0v) is 8.89. The molecule has 0 spiro atoms. The zero-order chi connectivity index (χ0) is 8.10. The van der Waals surface area contributed by atoms with E-state index in [2.05, 4.69) is 39.5 Å². The van der Waals surface area contributed by atoms with Crippen molar-refractivity contribution in [2.24, 2.45) is 0 Å². The van der Waals surface area contributed by atoms with Crippen LogP contribution in [0.4, 0.5) is 0 Å². The number of rotatable bonds is 4. The average Bonchev–Trinajstić information content (AvgIpc) is 2.37. The highest BCUT2D eigenvalue weighted by atomic mass is 127. The summed E-state index contributed by atoms with van der Waals surface area (Å²) in [4.78, 5) is 7.34. The molecule has 0 aliphatic heterocycles. The van der Waals surface area contributed by atoms with E-state index in [4.69, 9.17) is 0 Å². The molecular formula is C8H13IN2. The van der Waals surface area contributed by atoms with Crippen molar-refractivity contribution in [1.82, 2.24) is 9.97 Å². The van der Waals surface area contributed by atoms with Crippen LogP contribution in [-0.4, -0.2) is 9.97 Å². The molecule has 3 heteroatoms. The Kier molecular flexibility index (Phi) is 3.90. The molecule has 0 aliphatic rings. The molecule has 0 saturated carbocycles. The maximum Gasteiger partial charge on any atom is 0.168 e. The Balaban J connectivity index is 2.27. The number of hydrogen-bond acceptors (Lipinski definition) is 1. The minimum atomic E-state index is 0.995. The molecule has 0 aromatic carbocycles. The fourth-order valence-corrected chi connectivity index (χ4v) is 1.51. The Morgan fingerprint density at radius 2 is 2.36 bits per heavy atom. The molecule has 0 saturated heterocycles. The molecule has 0 unspecified atom stereocenters. The van der Waals surface area contributed by atoms with Crippen molar-refractivity contribution in [3.05, 3.63) is 15.7 Å². The Bertz CT molecular complexity index is 208. The summed E-state index contributed by atoms with van der Waals surface area (Å²) in [5.41, 5.74) is 1.27. The number of halogens is 1. The van der Waals surface area contributed by atoms with Crippen molar-refractivity contribution in [2.45, 2.75) is 32.6 Å². The third-order valence-corrected chi connectivity index (χ3v) is 2.20. The number of nitrogens with zero attached hydrogens (tertiary/aromatic N) is 1. The average molecular weight is 264 g/mol. The highest BCUT2D eigenvalue weighted by molar-refractivity contribution is 14.1. The summed E-state index contributed by atoms with van der Waals surface area (Å²) in [5.74, 6) is 0. The number of aryl methyl sites for hydroxylation is 1. The van der Waals surface area contributed by atoms with Crippen molar-refractivity contribution < 1.29 is 0 Å². The first-order valence-electron chi connectivity index (χ1n) is 4.02. The highest BCUT2D eigenvalue weighted by Gasteiger charge is 1.95. The topological polar surface area (TPSA) is 28.7 Å². The number of aromatic amines is 1. The first-order chi connectivity index (χ1) is 5.33. The van der Waals surface area contributed by atoms with Gasteiger partial charge in [0.25, 0.3) is 0 Å². The van der Waals surface area contributed by atoms with Gasteiger partial charge in [0.2, 0.25) is 0 Å². The molecular weight excluding hydrogens is 251 g/mol. The van der Waals surface area contributed by atoms with Gasteiger partial charge in [-0.1, -0.05) is 19.8 Å². The monoisotopic (exact) mass is 264 g/mol. The van der Waals surface area contributed by atoms with Crippen LogP contribution in [0.25, 0.3) is 0 Å². The van der Waals surface area contributed by atoms with Crippen molar-refractivity contribution in [1.29, 1.82) is 0 Å². The van der Waals surface area contributed by atoms with E-state index in [1.54, 1.807) is 0 Å². The lowest BCUT2D eigenvalue weighted by Crippen LogP contribution is -1.84. The first kappa shape index (κ1) is 9.03. The van der Waals surface area contributed by atoms with Crippen LogP contribution < -0.4 is 0 Å². The summed E-state index contributed by atoms with van der Waals surface area (Å²) in [6, 6.07) is 0. The van der Waals surface area contributed by atoms with Gasteiger partial charge in [-0.25, -0.2) is 4.98 Å². The molecule has 1 rings (SSSR count). The predicted molar refractivity (Wildman–Crippen MR) is 54.5 cm³/mol. The third-order valence-electron chi connectivity index (χ3n) is 1.65. The van der Waals surface area contributed by atoms with Crippen LogP contribution in [0.2, 0.25) is 0 Å². The van der Waals surface area contributed by atoms with Crippen molar-refractivity contribution in [3.63, 3.8) is 0 Å². The molecule has 11 heavy (non-hydrogen) atoms. The van der Waals surface area contributed by atoms with Crippen LogP contribution in [0.1, 0.15) is 31.9 Å². The molecule has 62 valence electrons. The van der Waals surface area contributed by atoms with E-state index in [1.807, 2.05) is 6.20 Å². The lowest BCUT2D eigenvalue weighted by atomic mass is 10.2. The molecule has 1 heterocycles. The molecule has 1 aromatic heterocycles. The highest BCUT2D eigenvalue weighted by Crippen LogP contribution is 2.05. The minimum absolute atomic E-state index is 0.995. The number of aromatic nitrogens is 2. The second-order valence-electron chi connectivity index (χ2n) is 2.66. The number of nitrogens with one attached hydrogen (secondary N) is 1. The smallest absolute Gasteiger partial charge is 0.168 e. The summed E-state index contributed by atoms with van der Waals surface area (Å²) >= 11 is 2.20. The van der Waals surface area contributed by atoms with Crippen molar-refractivity contribution in [3.8, 4) is 0 Å². The van der Waals surface area contributed by atoms with Gasteiger partial charge in [0, 0.05) is 11.9 Å². The van der Waals surface area contributed by atoms with Crippen LogP contribution in [0, 0.1) is 3.83 Å². The number of H-pyrrole nitrogens is 1. The van der Waals surface area contributed by atoms with Gasteiger partial charge in [-0.05, 0) is 35.4 Å². The van der Waals surface area contributed by atoms with Gasteiger partial charge < -0.3 is 4.98 Å². The third kappa shape index (κ3) is 3.22. The van der Waals surface area contributed by atoms with Gasteiger partial charge in [-0.15, -0.1) is 0 Å². The second-order valence-corrected chi connectivity index (χ2v) is 3.68. The van der Waals surface area contributed by atoms with Gasteiger partial charge in [0.15, 0.2) is 3.83 Å². The zero-order valence-electron chi connectivity index (χ0n) is 6.73. The Morgan fingerprint density at radius 3 is 2.91 bits per heavy atom. The van der Waals surface area contributed by atoms with Crippen LogP contribution >= 0.6 is 22.6 Å². The molecule has 0 atom stereocenters. The molecule has 1 N–H and O–H groups in total. The summed E-state index contributed by atoms with van der Waals surface area (Å²) in [6.45, 7) is 2.22. The summed E-state index contributed by atoms with van der Waals surface area (Å²) < 4.78 is 0.995. The second kappa shape index (κ2) is 4.74. The standard InChI is InChI=1S/C8H13IN2/c1-2-3-4-5-7-6-10-8(9)11-7/h6H,2-5H2,1H3,(H,10,11). The maximum atomic E-state index is 4.13. The number of imidazole rings is 1. The van der Waals surface area contributed by atoms with Gasteiger partial charge >= 0.3 is 0 Å². The number of unbranched alkanes of at least 4 members (excludes halogenated alkanes) is 2. The Hall–Kier alpha value is -0.0600. The Morgan fingerprint density at radius 1 is 1.55 bits per heavy atom. The quantitative estimate of drug-likeness (QED) is 0.657. The summed E-state index contributed by atoms with van der Waals surface area (Å²) in [7, 11) is 0. The summed E-state index contributed by atoms with van der Waals surface area (Å²) in [6.07, 6.45) is 6.94. The summed E-state index contributed by atoms with van der Waals surface area (Å²) in [5, 5.41) is 0. The molecule has 0 radical (unpaired) electrons. The Labute approximate surface area is 80.9 Å². The van der Waals surface area contributed by atoms with Crippen LogP contribution in [0.5, 0.6) is 0 Å². The van der Waals surface area contributed by atoms with E-state index in [1.165, 1.54) is 25.0 Å². The van der Waals surface area contributed by atoms with Gasteiger partial charge in [0.05, 0.1) is 0 Å². The fourth-order valence-electron chi connectivity index (χ4n) is 1.02. The van der Waals surface area contributed by atoms with Crippen LogP contribution in [0.15, 0.2) is 6.20 Å². The molecule has 0 aliphatic carbocycles. The molecule has 2 nitrogen and oxygen atoms in total. The minimum Gasteiger partial charge on any atom is -0.337 e. The van der Waals surface area contributed by atoms with E-state index in [-0.39, 0.29) is 0 Å². The molecule has 1 aromatic rings. The molecule has 0 bridgehead atoms. The van der Waals surface area contributed by atoms with Gasteiger partial charge in [-0.2, -0.15) is 0 Å². The van der Waals surface area contributed by atoms with Crippen LogP contribution in [0.3, 0.4) is 0 Å². The van der Waals surface area contributed by atoms with Crippen LogP contribution in [-0.2, 0) is 6.42 Å². The fraction of sp³-hybridized carbons (Fsp3) is 0.625. The van der Waals surface area contributed by atoms with E-state index in [0.29, 0.717) is 0 Å². The lowest BCUT2D eigenvalue weighted by Gasteiger charge is -1.94. The van der Waals surface area contributed by atoms with E-state index in [0.717, 1.165) is 10.3 Å². The van der Waals surface area contributed by atoms with Gasteiger partial charge in [-0.3, -0.25) is 0 Å². The number of hydrogen-bond donors (Lipinski definition) is 1. The SMILES string of the molecule is CCCCCc1cnc(I)[nH]1. The van der Waals surface area contributed by atoms with Crippen molar-refractivity contribution >= 4 is 22.6 Å². The van der Waals surface area contributed by atoms with Crippen molar-refractivity contribution in [2.75, 3.05) is 0 Å². The predicted octanol–water partition coefficient (Wildman–Crippen LogP) is 2.75.